The first-order chi connectivity index (χ1) is 15.7. The van der Waals surface area contributed by atoms with Gasteiger partial charge in [-0.05, 0) is 63.9 Å². The molecule has 0 atom stereocenters. The second kappa shape index (κ2) is 11.3. The Morgan fingerprint density at radius 1 is 1.12 bits per heavy atom. The molecule has 1 aromatic heterocycles. The number of rotatable bonds is 9. The average molecular weight is 442 g/mol. The predicted octanol–water partition coefficient (Wildman–Crippen LogP) is 4.55. The van der Waals surface area contributed by atoms with Crippen molar-refractivity contribution in [2.24, 2.45) is 5.92 Å². The van der Waals surface area contributed by atoms with E-state index in [1.165, 1.54) is 38.8 Å². The summed E-state index contributed by atoms with van der Waals surface area (Å²) >= 11 is 0. The second-order valence-electron chi connectivity index (χ2n) is 8.83. The largest absolute Gasteiger partial charge is 0.496 e. The van der Waals surface area contributed by atoms with Crippen molar-refractivity contribution in [3.8, 4) is 17.2 Å². The van der Waals surface area contributed by atoms with Crippen molar-refractivity contribution in [3.05, 3.63) is 18.2 Å². The van der Waals surface area contributed by atoms with Crippen molar-refractivity contribution >= 4 is 17.6 Å². The van der Waals surface area contributed by atoms with E-state index in [-0.39, 0.29) is 11.8 Å². The maximum Gasteiger partial charge on any atom is 0.315 e. The number of benzene rings is 1. The molecular weight excluding hydrogens is 406 g/mol. The Morgan fingerprint density at radius 2 is 1.91 bits per heavy atom. The number of carbonyl (C=O) groups is 1. The lowest BCUT2D eigenvalue weighted by Crippen LogP contribution is -2.31. The highest BCUT2D eigenvalue weighted by Gasteiger charge is 2.22. The van der Waals surface area contributed by atoms with Crippen molar-refractivity contribution in [1.82, 2.24) is 15.1 Å². The van der Waals surface area contributed by atoms with E-state index in [0.717, 1.165) is 50.9 Å². The number of nitrogens with one attached hydrogen (secondary N) is 2. The highest BCUT2D eigenvalue weighted by Crippen LogP contribution is 2.33. The number of nitrogens with zero attached hydrogens (tertiary/aromatic N) is 3. The van der Waals surface area contributed by atoms with Gasteiger partial charge < -0.3 is 24.7 Å². The summed E-state index contributed by atoms with van der Waals surface area (Å²) in [5, 5.41) is 14.5. The molecule has 32 heavy (non-hydrogen) atoms. The topological polar surface area (TPSA) is 92.5 Å². The predicted molar refractivity (Wildman–Crippen MR) is 125 cm³/mol. The standard InChI is InChI=1S/C24H35N5O3/c1-31-21-17-19(26-22(30)18-9-4-2-5-10-18)11-12-20(21)23-27-28-24(32-23)25-13-8-16-29-14-6-3-7-15-29/h11-12,17-18H,2-10,13-16H2,1H3,(H,25,28)(H,26,30). The Labute approximate surface area is 190 Å². The van der Waals surface area contributed by atoms with E-state index < -0.39 is 0 Å². The minimum atomic E-state index is 0.0910. The summed E-state index contributed by atoms with van der Waals surface area (Å²) in [6, 6.07) is 5.93. The van der Waals surface area contributed by atoms with Crippen LogP contribution in [-0.4, -0.2) is 54.3 Å². The number of anilines is 2. The molecule has 2 N–H and O–H groups in total. The number of amides is 1. The molecule has 0 spiro atoms. The number of hydrogen-bond donors (Lipinski definition) is 2. The number of likely N-dealkylation sites (tertiary alicyclic amines) is 1. The fourth-order valence-corrected chi connectivity index (χ4v) is 4.64. The van der Waals surface area contributed by atoms with Crippen LogP contribution in [0.2, 0.25) is 0 Å². The van der Waals surface area contributed by atoms with Gasteiger partial charge in [0.2, 0.25) is 5.91 Å². The number of ether oxygens (including phenoxy) is 1. The number of piperidine rings is 1. The molecule has 1 aliphatic heterocycles. The molecule has 1 saturated heterocycles. The van der Waals surface area contributed by atoms with Crippen LogP contribution in [0.5, 0.6) is 5.75 Å². The number of methoxy groups -OCH3 is 1. The summed E-state index contributed by atoms with van der Waals surface area (Å²) < 4.78 is 11.3. The van der Waals surface area contributed by atoms with Gasteiger partial charge in [0.1, 0.15) is 5.75 Å². The van der Waals surface area contributed by atoms with Crippen molar-refractivity contribution < 1.29 is 13.9 Å². The lowest BCUT2D eigenvalue weighted by molar-refractivity contribution is -0.120. The first kappa shape index (κ1) is 22.6. The molecule has 2 fully saturated rings. The molecule has 2 heterocycles. The zero-order chi connectivity index (χ0) is 22.2. The number of carbonyl (C=O) groups excluding carboxylic acids is 1. The summed E-state index contributed by atoms with van der Waals surface area (Å²) in [5.74, 6) is 1.18. The Morgan fingerprint density at radius 3 is 2.69 bits per heavy atom. The molecular formula is C24H35N5O3. The molecule has 8 heteroatoms. The van der Waals surface area contributed by atoms with Gasteiger partial charge in [-0.1, -0.05) is 30.8 Å². The highest BCUT2D eigenvalue weighted by molar-refractivity contribution is 5.93. The summed E-state index contributed by atoms with van der Waals surface area (Å²) in [6.07, 6.45) is 10.4. The molecule has 2 aromatic rings. The van der Waals surface area contributed by atoms with E-state index in [0.29, 0.717) is 23.2 Å². The van der Waals surface area contributed by atoms with Crippen molar-refractivity contribution in [3.63, 3.8) is 0 Å². The minimum Gasteiger partial charge on any atom is -0.496 e. The average Bonchev–Trinajstić information content (AvgIpc) is 3.31. The van der Waals surface area contributed by atoms with Gasteiger partial charge >= 0.3 is 6.01 Å². The van der Waals surface area contributed by atoms with Crippen LogP contribution in [0.1, 0.15) is 57.8 Å². The van der Waals surface area contributed by atoms with Gasteiger partial charge in [-0.3, -0.25) is 4.79 Å². The Kier molecular flexibility index (Phi) is 7.98. The molecule has 1 saturated carbocycles. The van der Waals surface area contributed by atoms with Crippen LogP contribution in [0.25, 0.3) is 11.5 Å². The Bertz CT molecular complexity index is 872. The third-order valence-corrected chi connectivity index (χ3v) is 6.48. The van der Waals surface area contributed by atoms with Gasteiger partial charge in [-0.25, -0.2) is 0 Å². The van der Waals surface area contributed by atoms with Crippen LogP contribution < -0.4 is 15.4 Å². The van der Waals surface area contributed by atoms with Crippen LogP contribution in [-0.2, 0) is 4.79 Å². The third kappa shape index (κ3) is 6.00. The highest BCUT2D eigenvalue weighted by atomic mass is 16.5. The van der Waals surface area contributed by atoms with E-state index in [9.17, 15) is 4.79 Å². The van der Waals surface area contributed by atoms with E-state index in [1.807, 2.05) is 18.2 Å². The zero-order valence-electron chi connectivity index (χ0n) is 19.1. The normalized spacial score (nSPS) is 17.8. The van der Waals surface area contributed by atoms with Crippen molar-refractivity contribution in [1.29, 1.82) is 0 Å². The summed E-state index contributed by atoms with van der Waals surface area (Å²) in [4.78, 5) is 15.1. The number of hydrogen-bond acceptors (Lipinski definition) is 7. The molecule has 0 radical (unpaired) electrons. The molecule has 1 aliphatic carbocycles. The van der Waals surface area contributed by atoms with E-state index in [4.69, 9.17) is 9.15 Å². The molecule has 0 unspecified atom stereocenters. The van der Waals surface area contributed by atoms with Gasteiger partial charge in [0.05, 0.1) is 12.7 Å². The fourth-order valence-electron chi connectivity index (χ4n) is 4.64. The van der Waals surface area contributed by atoms with Crippen LogP contribution in [0.4, 0.5) is 11.7 Å². The minimum absolute atomic E-state index is 0.0910. The quantitative estimate of drug-likeness (QED) is 0.551. The maximum absolute atomic E-state index is 12.5. The molecule has 2 aliphatic rings. The molecule has 1 aromatic carbocycles. The maximum atomic E-state index is 12.5. The summed E-state index contributed by atoms with van der Waals surface area (Å²) in [6.45, 7) is 4.31. The van der Waals surface area contributed by atoms with Gasteiger partial charge in [-0.2, -0.15) is 0 Å². The van der Waals surface area contributed by atoms with Crippen LogP contribution in [0, 0.1) is 5.92 Å². The molecule has 4 rings (SSSR count). The zero-order valence-corrected chi connectivity index (χ0v) is 19.1. The van der Waals surface area contributed by atoms with Gasteiger partial charge in [0, 0.05) is 24.2 Å². The monoisotopic (exact) mass is 441 g/mol. The molecule has 1 amide bonds. The van der Waals surface area contributed by atoms with E-state index >= 15 is 0 Å². The second-order valence-corrected chi connectivity index (χ2v) is 8.83. The number of aromatic nitrogens is 2. The van der Waals surface area contributed by atoms with Gasteiger partial charge in [0.25, 0.3) is 5.89 Å². The third-order valence-electron chi connectivity index (χ3n) is 6.48. The summed E-state index contributed by atoms with van der Waals surface area (Å²) in [5.41, 5.74) is 1.42. The van der Waals surface area contributed by atoms with Crippen molar-refractivity contribution in [2.75, 3.05) is 43.9 Å². The Balaban J connectivity index is 1.31. The Hall–Kier alpha value is -2.61. The lowest BCUT2D eigenvalue weighted by Gasteiger charge is -2.26. The first-order valence-corrected chi connectivity index (χ1v) is 12.0. The van der Waals surface area contributed by atoms with E-state index in [2.05, 4.69) is 25.7 Å². The smallest absolute Gasteiger partial charge is 0.315 e. The lowest BCUT2D eigenvalue weighted by atomic mass is 9.88. The van der Waals surface area contributed by atoms with Gasteiger partial charge in [0.15, 0.2) is 0 Å². The van der Waals surface area contributed by atoms with E-state index in [1.54, 1.807) is 7.11 Å². The van der Waals surface area contributed by atoms with Crippen LogP contribution in [0.3, 0.4) is 0 Å². The molecule has 8 nitrogen and oxygen atoms in total. The SMILES string of the molecule is COc1cc(NC(=O)C2CCCCC2)ccc1-c1nnc(NCCCN2CCCCC2)o1. The molecule has 0 bridgehead atoms. The first-order valence-electron chi connectivity index (χ1n) is 12.0. The molecule has 174 valence electrons. The van der Waals surface area contributed by atoms with Crippen molar-refractivity contribution in [2.45, 2.75) is 57.8 Å². The summed E-state index contributed by atoms with van der Waals surface area (Å²) in [7, 11) is 1.60. The van der Waals surface area contributed by atoms with Gasteiger partial charge in [-0.15, -0.1) is 5.10 Å². The van der Waals surface area contributed by atoms with Crippen LogP contribution in [0.15, 0.2) is 22.6 Å². The fraction of sp³-hybridized carbons (Fsp3) is 0.625. The van der Waals surface area contributed by atoms with Crippen LogP contribution >= 0.6 is 0 Å².